The Bertz CT molecular complexity index is 496. The number of thiophene rings is 1. The largest absolute Gasteiger partial charge is 0.481 e. The number of nitrogens with zero attached hydrogens (tertiary/aromatic N) is 1. The van der Waals surface area contributed by atoms with E-state index in [2.05, 4.69) is 0 Å². The maximum Gasteiger partial charge on any atom is 0.303 e. The molecule has 1 aromatic rings. The van der Waals surface area contributed by atoms with Crippen molar-refractivity contribution in [2.75, 3.05) is 13.1 Å². The monoisotopic (exact) mass is 309 g/mol. The van der Waals surface area contributed by atoms with Gasteiger partial charge in [-0.25, -0.2) is 0 Å². The molecule has 0 radical (unpaired) electrons. The lowest BCUT2D eigenvalue weighted by Gasteiger charge is -2.37. The number of rotatable bonds is 5. The predicted octanol–water partition coefficient (Wildman–Crippen LogP) is 3.13. The van der Waals surface area contributed by atoms with Crippen LogP contribution in [-0.2, 0) is 15.0 Å². The van der Waals surface area contributed by atoms with Crippen LogP contribution in [0.15, 0.2) is 17.5 Å². The Morgan fingerprint density at radius 1 is 1.48 bits per heavy atom. The van der Waals surface area contributed by atoms with Gasteiger partial charge in [0.15, 0.2) is 0 Å². The highest BCUT2D eigenvalue weighted by Crippen LogP contribution is 2.31. The van der Waals surface area contributed by atoms with Gasteiger partial charge in [0.1, 0.15) is 0 Å². The molecule has 2 rings (SSSR count). The van der Waals surface area contributed by atoms with Crippen LogP contribution in [0.2, 0.25) is 0 Å². The second-order valence-corrected chi connectivity index (χ2v) is 7.24. The zero-order chi connectivity index (χ0) is 15.5. The van der Waals surface area contributed by atoms with Crippen LogP contribution in [0.1, 0.15) is 44.4 Å². The van der Waals surface area contributed by atoms with Crippen LogP contribution in [0.25, 0.3) is 0 Å². The molecule has 0 aromatic carbocycles. The Hall–Kier alpha value is -1.36. The molecular formula is C16H23NO3S. The van der Waals surface area contributed by atoms with Crippen molar-refractivity contribution in [3.8, 4) is 0 Å². The maximum absolute atomic E-state index is 12.8. The number of amides is 1. The average Bonchev–Trinajstić information content (AvgIpc) is 2.99. The first-order valence-electron chi connectivity index (χ1n) is 7.46. The number of carboxylic acids is 1. The van der Waals surface area contributed by atoms with Crippen molar-refractivity contribution in [3.63, 3.8) is 0 Å². The third-order valence-electron chi connectivity index (χ3n) is 4.24. The summed E-state index contributed by atoms with van der Waals surface area (Å²) >= 11 is 1.61. The van der Waals surface area contributed by atoms with Crippen LogP contribution in [0.3, 0.4) is 0 Å². The fraction of sp³-hybridized carbons (Fsp3) is 0.625. The fourth-order valence-corrected chi connectivity index (χ4v) is 3.79. The number of hydrogen-bond donors (Lipinski definition) is 1. The molecule has 1 aliphatic heterocycles. The number of hydrogen-bond acceptors (Lipinski definition) is 3. The van der Waals surface area contributed by atoms with E-state index in [1.165, 1.54) is 0 Å². The summed E-state index contributed by atoms with van der Waals surface area (Å²) in [6.45, 7) is 5.43. The molecule has 1 aliphatic rings. The minimum Gasteiger partial charge on any atom is -0.481 e. The lowest BCUT2D eigenvalue weighted by molar-refractivity contribution is -0.138. The Balaban J connectivity index is 2.00. The van der Waals surface area contributed by atoms with Gasteiger partial charge in [-0.2, -0.15) is 0 Å². The second kappa shape index (κ2) is 6.60. The van der Waals surface area contributed by atoms with Crippen molar-refractivity contribution in [3.05, 3.63) is 22.4 Å². The van der Waals surface area contributed by atoms with Crippen molar-refractivity contribution in [1.29, 1.82) is 0 Å². The van der Waals surface area contributed by atoms with Gasteiger partial charge in [-0.3, -0.25) is 9.59 Å². The molecule has 116 valence electrons. The summed E-state index contributed by atoms with van der Waals surface area (Å²) < 4.78 is 0. The molecule has 1 aromatic heterocycles. The smallest absolute Gasteiger partial charge is 0.303 e. The van der Waals surface area contributed by atoms with E-state index < -0.39 is 11.4 Å². The minimum absolute atomic E-state index is 0.157. The van der Waals surface area contributed by atoms with Gasteiger partial charge < -0.3 is 10.0 Å². The van der Waals surface area contributed by atoms with E-state index in [9.17, 15) is 9.59 Å². The molecule has 2 heterocycles. The third kappa shape index (κ3) is 3.84. The Kier molecular flexibility index (Phi) is 5.04. The first kappa shape index (κ1) is 16.0. The third-order valence-corrected chi connectivity index (χ3v) is 5.44. The topological polar surface area (TPSA) is 57.6 Å². The van der Waals surface area contributed by atoms with Crippen molar-refractivity contribution >= 4 is 23.2 Å². The van der Waals surface area contributed by atoms with Crippen LogP contribution < -0.4 is 0 Å². The van der Waals surface area contributed by atoms with Crippen LogP contribution in [0, 0.1) is 5.92 Å². The number of carbonyl (C=O) groups is 2. The minimum atomic E-state index is -0.752. The normalized spacial score (nSPS) is 19.5. The van der Waals surface area contributed by atoms with Crippen molar-refractivity contribution in [2.45, 2.75) is 44.9 Å². The summed E-state index contributed by atoms with van der Waals surface area (Å²) in [4.78, 5) is 26.5. The van der Waals surface area contributed by atoms with Gasteiger partial charge in [-0.15, -0.1) is 11.3 Å². The summed E-state index contributed by atoms with van der Waals surface area (Å²) in [5.74, 6) is -0.278. The summed E-state index contributed by atoms with van der Waals surface area (Å²) in [7, 11) is 0. The molecule has 1 amide bonds. The molecule has 0 aliphatic carbocycles. The van der Waals surface area contributed by atoms with E-state index in [0.717, 1.165) is 24.3 Å². The van der Waals surface area contributed by atoms with Gasteiger partial charge in [0, 0.05) is 24.4 Å². The standard InChI is InChI=1S/C16H23NO3S/c1-16(2,13-6-4-10-21-13)15(20)17-9-3-5-12(11-17)7-8-14(18)19/h4,6,10,12H,3,5,7-9,11H2,1-2H3,(H,18,19). The quantitative estimate of drug-likeness (QED) is 0.909. The molecule has 1 saturated heterocycles. The first-order chi connectivity index (χ1) is 9.91. The molecule has 0 spiro atoms. The zero-order valence-electron chi connectivity index (χ0n) is 12.7. The van der Waals surface area contributed by atoms with Crippen LogP contribution in [-0.4, -0.2) is 35.0 Å². The van der Waals surface area contributed by atoms with Crippen molar-refractivity contribution in [2.24, 2.45) is 5.92 Å². The Morgan fingerprint density at radius 2 is 2.24 bits per heavy atom. The molecule has 1 unspecified atom stereocenters. The SMILES string of the molecule is CC(C)(C(=O)N1CCCC(CCC(=O)O)C1)c1cccs1. The van der Waals surface area contributed by atoms with Gasteiger partial charge in [0.25, 0.3) is 0 Å². The summed E-state index contributed by atoms with van der Waals surface area (Å²) in [5, 5.41) is 10.8. The molecule has 1 N–H and O–H groups in total. The van der Waals surface area contributed by atoms with E-state index in [0.29, 0.717) is 18.9 Å². The van der Waals surface area contributed by atoms with E-state index in [4.69, 9.17) is 5.11 Å². The average molecular weight is 309 g/mol. The van der Waals surface area contributed by atoms with E-state index >= 15 is 0 Å². The van der Waals surface area contributed by atoms with Crippen molar-refractivity contribution < 1.29 is 14.7 Å². The van der Waals surface area contributed by atoms with Gasteiger partial charge in [-0.1, -0.05) is 6.07 Å². The molecule has 1 atom stereocenters. The number of carbonyl (C=O) groups excluding carboxylic acids is 1. The molecule has 21 heavy (non-hydrogen) atoms. The molecule has 4 nitrogen and oxygen atoms in total. The molecular weight excluding hydrogens is 286 g/mol. The number of aliphatic carboxylic acids is 1. The number of piperidine rings is 1. The lowest BCUT2D eigenvalue weighted by atomic mass is 9.87. The summed E-state index contributed by atoms with van der Waals surface area (Å²) in [6, 6.07) is 3.98. The molecule has 1 fully saturated rings. The van der Waals surface area contributed by atoms with Gasteiger partial charge >= 0.3 is 5.97 Å². The maximum atomic E-state index is 12.8. The highest BCUT2D eigenvalue weighted by atomic mass is 32.1. The molecule has 0 saturated carbocycles. The van der Waals surface area contributed by atoms with Crippen LogP contribution >= 0.6 is 11.3 Å². The summed E-state index contributed by atoms with van der Waals surface area (Å²) in [6.07, 6.45) is 2.85. The number of likely N-dealkylation sites (tertiary alicyclic amines) is 1. The first-order valence-corrected chi connectivity index (χ1v) is 8.34. The highest BCUT2D eigenvalue weighted by Gasteiger charge is 2.36. The van der Waals surface area contributed by atoms with Crippen molar-refractivity contribution in [1.82, 2.24) is 4.90 Å². The zero-order valence-corrected chi connectivity index (χ0v) is 13.5. The lowest BCUT2D eigenvalue weighted by Crippen LogP contribution is -2.47. The molecule has 5 heteroatoms. The number of carboxylic acid groups (broad SMARTS) is 1. The van der Waals surface area contributed by atoms with E-state index in [1.54, 1.807) is 11.3 Å². The second-order valence-electron chi connectivity index (χ2n) is 6.29. The highest BCUT2D eigenvalue weighted by molar-refractivity contribution is 7.10. The molecule has 0 bridgehead atoms. The fourth-order valence-electron chi connectivity index (χ4n) is 2.95. The Labute approximate surface area is 129 Å². The van der Waals surface area contributed by atoms with Gasteiger partial charge in [0.2, 0.25) is 5.91 Å². The van der Waals surface area contributed by atoms with E-state index in [-0.39, 0.29) is 12.3 Å². The van der Waals surface area contributed by atoms with Crippen LogP contribution in [0.5, 0.6) is 0 Å². The predicted molar refractivity (Wildman–Crippen MR) is 83.5 cm³/mol. The van der Waals surface area contributed by atoms with Gasteiger partial charge in [0.05, 0.1) is 5.41 Å². The summed E-state index contributed by atoms with van der Waals surface area (Å²) in [5.41, 5.74) is -0.497. The van der Waals surface area contributed by atoms with E-state index in [1.807, 2.05) is 36.3 Å². The van der Waals surface area contributed by atoms with Crippen LogP contribution in [0.4, 0.5) is 0 Å². The Morgan fingerprint density at radius 3 is 2.86 bits per heavy atom. The van der Waals surface area contributed by atoms with Gasteiger partial charge in [-0.05, 0) is 50.5 Å².